The van der Waals surface area contributed by atoms with E-state index >= 15 is 0 Å². The summed E-state index contributed by atoms with van der Waals surface area (Å²) in [6.45, 7) is 2.17. The summed E-state index contributed by atoms with van der Waals surface area (Å²) in [5, 5.41) is 4.48. The average molecular weight is 262 g/mol. The van der Waals surface area contributed by atoms with E-state index in [2.05, 4.69) is 28.5 Å². The highest BCUT2D eigenvalue weighted by Crippen LogP contribution is 2.22. The molecule has 0 saturated heterocycles. The highest BCUT2D eigenvalue weighted by atomic mass is 32.2. The van der Waals surface area contributed by atoms with Gasteiger partial charge in [-0.05, 0) is 24.8 Å². The Hall–Kier alpha value is -1.49. The van der Waals surface area contributed by atoms with E-state index < -0.39 is 0 Å². The highest BCUT2D eigenvalue weighted by Gasteiger charge is 2.10. The van der Waals surface area contributed by atoms with E-state index in [1.807, 2.05) is 36.0 Å². The number of thioether (sulfide) groups is 1. The first-order valence-corrected chi connectivity index (χ1v) is 7.41. The van der Waals surface area contributed by atoms with E-state index in [1.54, 1.807) is 0 Å². The van der Waals surface area contributed by atoms with Crippen LogP contribution in [0.5, 0.6) is 0 Å². The van der Waals surface area contributed by atoms with Gasteiger partial charge in [-0.15, -0.1) is 0 Å². The summed E-state index contributed by atoms with van der Waals surface area (Å²) in [4.78, 5) is 8.55. The Morgan fingerprint density at radius 1 is 1.33 bits per heavy atom. The molecule has 0 aliphatic heterocycles. The molecular weight excluding hydrogens is 244 g/mol. The van der Waals surface area contributed by atoms with Gasteiger partial charge in [0.15, 0.2) is 0 Å². The largest absolute Gasteiger partial charge is 0.368 e. The zero-order valence-corrected chi connectivity index (χ0v) is 11.5. The zero-order chi connectivity index (χ0) is 13.0. The van der Waals surface area contributed by atoms with E-state index in [-0.39, 0.29) is 0 Å². The summed E-state index contributed by atoms with van der Waals surface area (Å²) >= 11 is 1.83. The molecule has 1 heterocycles. The number of anilines is 2. The van der Waals surface area contributed by atoms with E-state index in [9.17, 15) is 0 Å². The Morgan fingerprint density at radius 3 is 2.83 bits per heavy atom. The first-order chi connectivity index (χ1) is 8.74. The van der Waals surface area contributed by atoms with Gasteiger partial charge in [0, 0.05) is 17.2 Å². The molecule has 0 amide bonds. The Bertz CT molecular complexity index is 529. The number of nitrogens with zero attached hydrogens (tertiary/aromatic N) is 2. The number of benzene rings is 1. The number of rotatable bonds is 5. The Kier molecular flexibility index (Phi) is 4.25. The van der Waals surface area contributed by atoms with Crippen molar-refractivity contribution in [2.45, 2.75) is 19.4 Å². The molecule has 1 aromatic carbocycles. The number of aromatic nitrogens is 2. The zero-order valence-electron chi connectivity index (χ0n) is 10.7. The van der Waals surface area contributed by atoms with Crippen LogP contribution in [0.1, 0.15) is 13.3 Å². The van der Waals surface area contributed by atoms with Crippen LogP contribution in [-0.4, -0.2) is 28.0 Å². The predicted octanol–water partition coefficient (Wildman–Crippen LogP) is 2.77. The summed E-state index contributed by atoms with van der Waals surface area (Å²) in [6.07, 6.45) is 3.16. The molecule has 0 aliphatic rings. The fraction of sp³-hybridized carbons (Fsp3) is 0.385. The molecule has 96 valence electrons. The second-order valence-electron chi connectivity index (χ2n) is 4.15. The number of nitrogen functional groups attached to an aromatic ring is 1. The van der Waals surface area contributed by atoms with Crippen LogP contribution in [-0.2, 0) is 0 Å². The van der Waals surface area contributed by atoms with Crippen LogP contribution in [0, 0.1) is 0 Å². The Morgan fingerprint density at radius 2 is 2.11 bits per heavy atom. The van der Waals surface area contributed by atoms with Gasteiger partial charge in [0.25, 0.3) is 0 Å². The fourth-order valence-electron chi connectivity index (χ4n) is 1.86. The van der Waals surface area contributed by atoms with Gasteiger partial charge in [-0.25, -0.2) is 4.98 Å². The van der Waals surface area contributed by atoms with Crippen molar-refractivity contribution >= 4 is 34.4 Å². The van der Waals surface area contributed by atoms with Gasteiger partial charge in [0.05, 0.1) is 5.52 Å². The van der Waals surface area contributed by atoms with Gasteiger partial charge in [0.1, 0.15) is 5.82 Å². The third-order valence-corrected chi connectivity index (χ3v) is 3.56. The van der Waals surface area contributed by atoms with Gasteiger partial charge in [-0.3, -0.25) is 0 Å². The molecule has 4 nitrogen and oxygen atoms in total. The van der Waals surface area contributed by atoms with E-state index in [4.69, 9.17) is 5.73 Å². The standard InChI is InChI=1S/C13H18N4S/c1-3-9(8-18-2)15-12-10-6-4-5-7-11(10)16-13(14)17-12/h4-7,9H,3,8H2,1-2H3,(H3,14,15,16,17). The molecule has 2 aromatic rings. The lowest BCUT2D eigenvalue weighted by atomic mass is 10.2. The summed E-state index contributed by atoms with van der Waals surface area (Å²) in [6, 6.07) is 8.31. The van der Waals surface area contributed by atoms with Crippen molar-refractivity contribution in [1.82, 2.24) is 9.97 Å². The smallest absolute Gasteiger partial charge is 0.222 e. The van der Waals surface area contributed by atoms with Crippen LogP contribution < -0.4 is 11.1 Å². The highest BCUT2D eigenvalue weighted by molar-refractivity contribution is 7.98. The SMILES string of the molecule is CCC(CSC)Nc1nc(N)nc2ccccc12. The Labute approximate surface area is 111 Å². The van der Waals surface area contributed by atoms with Crippen LogP contribution in [0.15, 0.2) is 24.3 Å². The number of para-hydroxylation sites is 1. The molecule has 0 fully saturated rings. The van der Waals surface area contributed by atoms with Crippen LogP contribution in [0.3, 0.4) is 0 Å². The molecule has 18 heavy (non-hydrogen) atoms. The third-order valence-electron chi connectivity index (χ3n) is 2.82. The molecule has 1 aromatic heterocycles. The minimum atomic E-state index is 0.315. The van der Waals surface area contributed by atoms with Crippen molar-refractivity contribution in [2.75, 3.05) is 23.1 Å². The van der Waals surface area contributed by atoms with Crippen LogP contribution in [0.4, 0.5) is 11.8 Å². The summed E-state index contributed by atoms with van der Waals surface area (Å²) in [5.41, 5.74) is 6.63. The number of hydrogen-bond acceptors (Lipinski definition) is 5. The Balaban J connectivity index is 2.37. The van der Waals surface area contributed by atoms with E-state index in [1.165, 1.54) is 0 Å². The molecule has 0 saturated carbocycles. The summed E-state index contributed by atoms with van der Waals surface area (Å²) < 4.78 is 0. The maximum absolute atomic E-state index is 5.75. The lowest BCUT2D eigenvalue weighted by molar-refractivity contribution is 0.771. The number of hydrogen-bond donors (Lipinski definition) is 2. The molecule has 0 spiro atoms. The maximum atomic E-state index is 5.75. The van der Waals surface area contributed by atoms with Crippen molar-refractivity contribution in [3.63, 3.8) is 0 Å². The lowest BCUT2D eigenvalue weighted by Crippen LogP contribution is -2.22. The molecule has 2 rings (SSSR count). The van der Waals surface area contributed by atoms with Gasteiger partial charge in [-0.1, -0.05) is 19.1 Å². The fourth-order valence-corrected chi connectivity index (χ4v) is 2.58. The minimum Gasteiger partial charge on any atom is -0.368 e. The minimum absolute atomic E-state index is 0.315. The second kappa shape index (κ2) is 5.91. The van der Waals surface area contributed by atoms with E-state index in [0.29, 0.717) is 12.0 Å². The van der Waals surface area contributed by atoms with Gasteiger partial charge in [0.2, 0.25) is 5.95 Å². The molecule has 3 N–H and O–H groups in total. The van der Waals surface area contributed by atoms with Crippen molar-refractivity contribution in [3.8, 4) is 0 Å². The normalized spacial score (nSPS) is 12.6. The molecule has 5 heteroatoms. The topological polar surface area (TPSA) is 63.8 Å². The number of nitrogens with one attached hydrogen (secondary N) is 1. The molecule has 0 radical (unpaired) electrons. The van der Waals surface area contributed by atoms with Crippen LogP contribution in [0.25, 0.3) is 10.9 Å². The molecule has 0 bridgehead atoms. The summed E-state index contributed by atoms with van der Waals surface area (Å²) in [7, 11) is 0. The molecule has 1 unspecified atom stereocenters. The third kappa shape index (κ3) is 2.85. The molecular formula is C13H18N4S. The number of fused-ring (bicyclic) bond motifs is 1. The first-order valence-electron chi connectivity index (χ1n) is 6.02. The van der Waals surface area contributed by atoms with Gasteiger partial charge in [-0.2, -0.15) is 16.7 Å². The average Bonchev–Trinajstić information content (AvgIpc) is 2.38. The van der Waals surface area contributed by atoms with Crippen LogP contribution in [0.2, 0.25) is 0 Å². The summed E-state index contributed by atoms with van der Waals surface area (Å²) in [5.74, 6) is 2.20. The molecule has 1 atom stereocenters. The van der Waals surface area contributed by atoms with Crippen molar-refractivity contribution < 1.29 is 0 Å². The van der Waals surface area contributed by atoms with Crippen molar-refractivity contribution in [1.29, 1.82) is 0 Å². The molecule has 0 aliphatic carbocycles. The van der Waals surface area contributed by atoms with Crippen molar-refractivity contribution in [3.05, 3.63) is 24.3 Å². The lowest BCUT2D eigenvalue weighted by Gasteiger charge is -2.17. The maximum Gasteiger partial charge on any atom is 0.222 e. The van der Waals surface area contributed by atoms with Crippen molar-refractivity contribution in [2.24, 2.45) is 0 Å². The quantitative estimate of drug-likeness (QED) is 0.867. The van der Waals surface area contributed by atoms with Gasteiger partial charge >= 0.3 is 0 Å². The van der Waals surface area contributed by atoms with E-state index in [0.717, 1.165) is 28.9 Å². The first kappa shape index (κ1) is 13.0. The van der Waals surface area contributed by atoms with Crippen LogP contribution >= 0.6 is 11.8 Å². The second-order valence-corrected chi connectivity index (χ2v) is 5.06. The number of nitrogens with two attached hydrogens (primary N) is 1. The monoisotopic (exact) mass is 262 g/mol. The van der Waals surface area contributed by atoms with Gasteiger partial charge < -0.3 is 11.1 Å². The predicted molar refractivity (Wildman–Crippen MR) is 80.0 cm³/mol.